The van der Waals surface area contributed by atoms with Crippen molar-refractivity contribution in [1.29, 1.82) is 0 Å². The molecule has 2 heterocycles. The number of nitrogens with zero attached hydrogens (tertiary/aromatic N) is 4. The number of alkyl halides is 2. The van der Waals surface area contributed by atoms with E-state index in [2.05, 4.69) is 20.4 Å². The molecule has 3 N–H and O–H groups in total. The Labute approximate surface area is 247 Å². The topological polar surface area (TPSA) is 115 Å². The number of nitrogens with two attached hydrogens (primary N) is 1. The maximum absolute atomic E-state index is 15.2. The van der Waals surface area contributed by atoms with E-state index in [1.807, 2.05) is 0 Å². The number of hydrogen-bond acceptors (Lipinski definition) is 5. The summed E-state index contributed by atoms with van der Waals surface area (Å²) in [6.07, 6.45) is 2.98. The van der Waals surface area contributed by atoms with Crippen molar-refractivity contribution in [3.05, 3.63) is 106 Å². The number of carbonyl (C=O) groups is 2. The Morgan fingerprint density at radius 2 is 1.91 bits per heavy atom. The first-order valence-corrected chi connectivity index (χ1v) is 13.7. The Morgan fingerprint density at radius 1 is 1.16 bits per heavy atom. The van der Waals surface area contributed by atoms with Crippen molar-refractivity contribution >= 4 is 18.0 Å². The third kappa shape index (κ3) is 5.22. The molecule has 2 aliphatic carbocycles. The Hall–Kier alpha value is -4.94. The number of primary amides is 1. The lowest BCUT2D eigenvalue weighted by Gasteiger charge is -2.22. The Bertz CT molecular complexity index is 1820. The van der Waals surface area contributed by atoms with Crippen LogP contribution in [-0.4, -0.2) is 39.8 Å². The number of carbonyl (C=O) groups excluding carboxylic acids is 2. The van der Waals surface area contributed by atoms with E-state index in [1.54, 1.807) is 12.1 Å². The SMILES string of the molecule is C/N=C/c1nn(CC(=O)N[C@@H](Cc2cc(F)cc(F)c2)c2ncccc2-c2ccc(F)c(C(N)=O)c2)c2c1C1CC1C2(F)F. The first-order chi connectivity index (χ1) is 21.0. The molecule has 0 aliphatic heterocycles. The van der Waals surface area contributed by atoms with Crippen LogP contribution >= 0.6 is 0 Å². The fourth-order valence-electron chi connectivity index (χ4n) is 6.01. The average molecular weight is 609 g/mol. The number of halogens is 5. The molecule has 226 valence electrons. The molecular weight excluding hydrogens is 583 g/mol. The van der Waals surface area contributed by atoms with Crippen molar-refractivity contribution in [3.8, 4) is 11.1 Å². The van der Waals surface area contributed by atoms with Crippen molar-refractivity contribution in [3.63, 3.8) is 0 Å². The minimum atomic E-state index is -3.17. The molecule has 44 heavy (non-hydrogen) atoms. The van der Waals surface area contributed by atoms with Crippen molar-refractivity contribution in [2.75, 3.05) is 7.05 Å². The summed E-state index contributed by atoms with van der Waals surface area (Å²) < 4.78 is 73.9. The van der Waals surface area contributed by atoms with Gasteiger partial charge in [0.25, 0.3) is 11.8 Å². The molecule has 1 fully saturated rings. The number of aliphatic imine (C=N–C) groups is 1. The van der Waals surface area contributed by atoms with Gasteiger partial charge in [-0.2, -0.15) is 13.9 Å². The van der Waals surface area contributed by atoms with Crippen LogP contribution in [0.1, 0.15) is 56.9 Å². The summed E-state index contributed by atoms with van der Waals surface area (Å²) in [5.41, 5.74) is 6.38. The number of nitrogens with one attached hydrogen (secondary N) is 1. The molecule has 0 radical (unpaired) electrons. The largest absolute Gasteiger partial charge is 0.366 e. The maximum atomic E-state index is 15.2. The number of amides is 2. The molecule has 2 amide bonds. The minimum Gasteiger partial charge on any atom is -0.366 e. The van der Waals surface area contributed by atoms with Gasteiger partial charge < -0.3 is 11.1 Å². The summed E-state index contributed by atoms with van der Waals surface area (Å²) in [4.78, 5) is 33.6. The van der Waals surface area contributed by atoms with E-state index in [0.717, 1.165) is 22.9 Å². The van der Waals surface area contributed by atoms with Gasteiger partial charge in [0.15, 0.2) is 0 Å². The van der Waals surface area contributed by atoms with E-state index in [-0.39, 0.29) is 40.5 Å². The van der Waals surface area contributed by atoms with E-state index < -0.39 is 53.7 Å². The van der Waals surface area contributed by atoms with Crippen LogP contribution < -0.4 is 11.1 Å². The fourth-order valence-corrected chi connectivity index (χ4v) is 6.01. The van der Waals surface area contributed by atoms with Crippen molar-refractivity contribution in [1.82, 2.24) is 20.1 Å². The lowest BCUT2D eigenvalue weighted by Crippen LogP contribution is -2.35. The molecule has 1 saturated carbocycles. The van der Waals surface area contributed by atoms with Crippen molar-refractivity contribution < 1.29 is 31.5 Å². The zero-order valence-electron chi connectivity index (χ0n) is 23.2. The van der Waals surface area contributed by atoms with E-state index in [9.17, 15) is 22.8 Å². The van der Waals surface area contributed by atoms with Crippen LogP contribution in [0, 0.1) is 23.4 Å². The second-order valence-electron chi connectivity index (χ2n) is 10.9. The van der Waals surface area contributed by atoms with Gasteiger partial charge in [0.2, 0.25) is 5.91 Å². The van der Waals surface area contributed by atoms with Gasteiger partial charge in [0.1, 0.15) is 35.4 Å². The fraction of sp³-hybridized carbons (Fsp3) is 0.258. The molecule has 0 bridgehead atoms. The summed E-state index contributed by atoms with van der Waals surface area (Å²) in [6.45, 7) is -0.576. The molecule has 2 unspecified atom stereocenters. The highest BCUT2D eigenvalue weighted by Crippen LogP contribution is 2.67. The predicted molar refractivity (Wildman–Crippen MR) is 150 cm³/mol. The molecule has 2 aromatic carbocycles. The second-order valence-corrected chi connectivity index (χ2v) is 10.9. The van der Waals surface area contributed by atoms with Gasteiger partial charge >= 0.3 is 0 Å². The Balaban J connectivity index is 1.37. The first kappa shape index (κ1) is 29.1. The Morgan fingerprint density at radius 3 is 2.61 bits per heavy atom. The third-order valence-corrected chi connectivity index (χ3v) is 7.91. The second kappa shape index (κ2) is 11.0. The lowest BCUT2D eigenvalue weighted by atomic mass is 9.94. The summed E-state index contributed by atoms with van der Waals surface area (Å²) in [5.74, 6) is -8.59. The molecule has 0 spiro atoms. The number of hydrogen-bond donors (Lipinski definition) is 2. The quantitative estimate of drug-likeness (QED) is 0.210. The van der Waals surface area contributed by atoms with Crippen molar-refractivity contribution in [2.45, 2.75) is 37.3 Å². The smallest absolute Gasteiger partial charge is 0.293 e. The molecule has 6 rings (SSSR count). The highest BCUT2D eigenvalue weighted by molar-refractivity contribution is 5.94. The molecule has 13 heteroatoms. The van der Waals surface area contributed by atoms with E-state index in [4.69, 9.17) is 5.73 Å². The average Bonchev–Trinajstić information content (AvgIpc) is 3.63. The first-order valence-electron chi connectivity index (χ1n) is 13.7. The van der Waals surface area contributed by atoms with Gasteiger partial charge in [-0.3, -0.25) is 24.2 Å². The molecule has 2 aromatic heterocycles. The number of pyridine rings is 1. The minimum absolute atomic E-state index is 0.153. The predicted octanol–water partition coefficient (Wildman–Crippen LogP) is 4.82. The number of benzene rings is 2. The van der Waals surface area contributed by atoms with Crippen LogP contribution in [0.2, 0.25) is 0 Å². The summed E-state index contributed by atoms with van der Waals surface area (Å²) in [5, 5.41) is 7.01. The van der Waals surface area contributed by atoms with E-state index in [1.165, 1.54) is 31.6 Å². The van der Waals surface area contributed by atoms with Gasteiger partial charge in [-0.25, -0.2) is 13.2 Å². The molecule has 0 saturated heterocycles. The summed E-state index contributed by atoms with van der Waals surface area (Å²) in [6, 6.07) is 8.70. The molecule has 8 nitrogen and oxygen atoms in total. The number of rotatable bonds is 9. The van der Waals surface area contributed by atoms with E-state index >= 15 is 8.78 Å². The van der Waals surface area contributed by atoms with Crippen molar-refractivity contribution in [2.24, 2.45) is 16.6 Å². The summed E-state index contributed by atoms with van der Waals surface area (Å²) in [7, 11) is 1.49. The number of fused-ring (bicyclic) bond motifs is 3. The zero-order chi connectivity index (χ0) is 31.3. The molecule has 2 aliphatic rings. The normalized spacial score (nSPS) is 18.6. The lowest BCUT2D eigenvalue weighted by molar-refractivity contribution is -0.122. The summed E-state index contributed by atoms with van der Waals surface area (Å²) >= 11 is 0. The van der Waals surface area contributed by atoms with E-state index in [0.29, 0.717) is 29.2 Å². The molecule has 3 atom stereocenters. The number of aromatic nitrogens is 3. The van der Waals surface area contributed by atoms with Gasteiger partial charge in [0, 0.05) is 42.6 Å². The third-order valence-electron chi connectivity index (χ3n) is 7.91. The highest BCUT2D eigenvalue weighted by atomic mass is 19.3. The molecule has 4 aromatic rings. The standard InChI is InChI=1S/C31H25F5N6O2/c1-38-13-25-27-20-12-22(20)31(35,36)29(27)42(41-25)14-26(43)40-24(9-15-7-17(32)11-18(33)8-15)28-19(3-2-6-39-28)16-4-5-23(34)21(10-16)30(37)44/h2-8,10-11,13,20,22,24H,9,12,14H2,1H3,(H2,37,44)(H,40,43)/b38-13+/t20?,22?,24-/m0/s1. The van der Waals surface area contributed by atoms with Crippen LogP contribution in [0.4, 0.5) is 22.0 Å². The Kier molecular flexibility index (Phi) is 7.26. The van der Waals surface area contributed by atoms with Gasteiger partial charge in [-0.05, 0) is 60.2 Å². The van der Waals surface area contributed by atoms with Gasteiger partial charge in [-0.1, -0.05) is 12.1 Å². The van der Waals surface area contributed by atoms with Crippen LogP contribution in [0.3, 0.4) is 0 Å². The highest BCUT2D eigenvalue weighted by Gasteiger charge is 2.66. The molecular formula is C31H25F5N6O2. The monoisotopic (exact) mass is 608 g/mol. The zero-order valence-corrected chi connectivity index (χ0v) is 23.2. The van der Waals surface area contributed by atoms with Gasteiger partial charge in [0.05, 0.1) is 17.3 Å². The van der Waals surface area contributed by atoms with Gasteiger partial charge in [-0.15, -0.1) is 0 Å². The van der Waals surface area contributed by atoms with Crippen LogP contribution in [0.5, 0.6) is 0 Å². The van der Waals surface area contributed by atoms with Crippen LogP contribution in [-0.2, 0) is 23.7 Å². The van der Waals surface area contributed by atoms with Crippen LogP contribution in [0.15, 0.2) is 59.7 Å². The maximum Gasteiger partial charge on any atom is 0.293 e. The van der Waals surface area contributed by atoms with Crippen LogP contribution in [0.25, 0.3) is 11.1 Å².